The number of allylic oxidation sites excluding steroid dienone is 1. The van der Waals surface area contributed by atoms with E-state index in [2.05, 4.69) is 6.58 Å². The van der Waals surface area contributed by atoms with Crippen LogP contribution in [0.1, 0.15) is 26.7 Å². The molecule has 0 spiro atoms. The quantitative estimate of drug-likeness (QED) is 0.638. The molecular formula is C11H17NO2. The van der Waals surface area contributed by atoms with Gasteiger partial charge in [0.1, 0.15) is 0 Å². The monoisotopic (exact) mass is 195 g/mol. The second-order valence-corrected chi connectivity index (χ2v) is 3.84. The van der Waals surface area contributed by atoms with Crippen molar-refractivity contribution in [2.45, 2.75) is 32.7 Å². The molecule has 14 heavy (non-hydrogen) atoms. The Hall–Kier alpha value is -1.12. The molecule has 1 fully saturated rings. The first-order valence-electron chi connectivity index (χ1n) is 4.96. The van der Waals surface area contributed by atoms with Crippen molar-refractivity contribution in [3.05, 3.63) is 12.7 Å². The number of ketones is 1. The number of carbonyl (C=O) groups is 2. The molecule has 0 bridgehead atoms. The van der Waals surface area contributed by atoms with Gasteiger partial charge in [-0.3, -0.25) is 9.59 Å². The minimum absolute atomic E-state index is 0.00300. The highest BCUT2D eigenvalue weighted by molar-refractivity contribution is 5.87. The smallest absolute Gasteiger partial charge is 0.220 e. The molecule has 1 heterocycles. The zero-order valence-corrected chi connectivity index (χ0v) is 8.82. The summed E-state index contributed by atoms with van der Waals surface area (Å²) in [6, 6.07) is -0.217. The van der Waals surface area contributed by atoms with Crippen LogP contribution in [0.25, 0.3) is 0 Å². The van der Waals surface area contributed by atoms with E-state index in [1.807, 2.05) is 6.08 Å². The summed E-state index contributed by atoms with van der Waals surface area (Å²) in [5.41, 5.74) is 0. The Morgan fingerprint density at radius 2 is 2.14 bits per heavy atom. The molecule has 0 saturated carbocycles. The van der Waals surface area contributed by atoms with Crippen molar-refractivity contribution in [1.29, 1.82) is 0 Å². The number of likely N-dealkylation sites (tertiary alicyclic amines) is 1. The molecule has 0 N–H and O–H groups in total. The summed E-state index contributed by atoms with van der Waals surface area (Å²) in [5, 5.41) is 0. The number of hydrogen-bond donors (Lipinski definition) is 0. The average Bonchev–Trinajstić information content (AvgIpc) is 2.48. The molecule has 0 aliphatic carbocycles. The van der Waals surface area contributed by atoms with E-state index < -0.39 is 0 Å². The summed E-state index contributed by atoms with van der Waals surface area (Å²) < 4.78 is 0. The van der Waals surface area contributed by atoms with Gasteiger partial charge in [0, 0.05) is 13.5 Å². The van der Waals surface area contributed by atoms with Crippen LogP contribution in [0, 0.1) is 5.92 Å². The highest BCUT2D eigenvalue weighted by Gasteiger charge is 2.37. The molecule has 3 nitrogen and oxygen atoms in total. The van der Waals surface area contributed by atoms with Crippen LogP contribution in [0.5, 0.6) is 0 Å². The maximum Gasteiger partial charge on any atom is 0.220 e. The number of rotatable bonds is 3. The highest BCUT2D eigenvalue weighted by Crippen LogP contribution is 2.28. The summed E-state index contributed by atoms with van der Waals surface area (Å²) in [6.45, 7) is 7.46. The van der Waals surface area contributed by atoms with Gasteiger partial charge in [-0.05, 0) is 25.7 Å². The van der Waals surface area contributed by atoms with Gasteiger partial charge in [0.15, 0.2) is 5.78 Å². The number of carbonyl (C=O) groups excluding carboxylic acids is 2. The van der Waals surface area contributed by atoms with Gasteiger partial charge in [0.25, 0.3) is 0 Å². The lowest BCUT2D eigenvalue weighted by Gasteiger charge is -2.24. The van der Waals surface area contributed by atoms with E-state index >= 15 is 0 Å². The SMILES string of the molecule is C=CC[C@H]1CCN(C(C)=O)C1C(C)=O. The van der Waals surface area contributed by atoms with Gasteiger partial charge in [0.2, 0.25) is 5.91 Å². The van der Waals surface area contributed by atoms with E-state index in [4.69, 9.17) is 0 Å². The molecule has 0 radical (unpaired) electrons. The fraction of sp³-hybridized carbons (Fsp3) is 0.636. The predicted octanol–water partition coefficient (Wildman–Crippen LogP) is 1.39. The van der Waals surface area contributed by atoms with Crippen molar-refractivity contribution in [1.82, 2.24) is 4.90 Å². The topological polar surface area (TPSA) is 37.4 Å². The van der Waals surface area contributed by atoms with Crippen molar-refractivity contribution >= 4 is 11.7 Å². The molecule has 3 heteroatoms. The number of hydrogen-bond acceptors (Lipinski definition) is 2. The molecule has 0 aromatic heterocycles. The average molecular weight is 195 g/mol. The van der Waals surface area contributed by atoms with Gasteiger partial charge in [-0.15, -0.1) is 6.58 Å². The number of nitrogens with zero attached hydrogens (tertiary/aromatic N) is 1. The van der Waals surface area contributed by atoms with Gasteiger partial charge < -0.3 is 4.90 Å². The van der Waals surface area contributed by atoms with E-state index in [-0.39, 0.29) is 23.7 Å². The van der Waals surface area contributed by atoms with Crippen LogP contribution in [0.15, 0.2) is 12.7 Å². The first kappa shape index (κ1) is 11.0. The van der Waals surface area contributed by atoms with Crippen LogP contribution in [0.2, 0.25) is 0 Å². The van der Waals surface area contributed by atoms with Crippen LogP contribution in [-0.4, -0.2) is 29.2 Å². The molecule has 2 atom stereocenters. The normalized spacial score (nSPS) is 26.3. The zero-order valence-electron chi connectivity index (χ0n) is 8.82. The molecule has 1 saturated heterocycles. The van der Waals surface area contributed by atoms with Gasteiger partial charge >= 0.3 is 0 Å². The number of Topliss-reactive ketones (excluding diaryl/α,β-unsaturated/α-hetero) is 1. The first-order chi connectivity index (χ1) is 6.57. The molecule has 78 valence electrons. The summed E-state index contributed by atoms with van der Waals surface area (Å²) >= 11 is 0. The van der Waals surface area contributed by atoms with E-state index in [0.29, 0.717) is 6.54 Å². The largest absolute Gasteiger partial charge is 0.333 e. The Bertz CT molecular complexity index is 260. The van der Waals surface area contributed by atoms with E-state index in [0.717, 1.165) is 12.8 Å². The maximum absolute atomic E-state index is 11.4. The maximum atomic E-state index is 11.4. The third-order valence-electron chi connectivity index (χ3n) is 2.81. The van der Waals surface area contributed by atoms with E-state index in [1.165, 1.54) is 6.92 Å². The zero-order chi connectivity index (χ0) is 10.7. The molecule has 1 amide bonds. The van der Waals surface area contributed by atoms with Gasteiger partial charge in [-0.25, -0.2) is 0 Å². The minimum Gasteiger partial charge on any atom is -0.333 e. The third-order valence-corrected chi connectivity index (χ3v) is 2.81. The molecule has 0 aromatic rings. The van der Waals surface area contributed by atoms with Gasteiger partial charge in [-0.2, -0.15) is 0 Å². The first-order valence-corrected chi connectivity index (χ1v) is 4.96. The lowest BCUT2D eigenvalue weighted by Crippen LogP contribution is -2.41. The Kier molecular flexibility index (Phi) is 3.44. The van der Waals surface area contributed by atoms with Crippen LogP contribution < -0.4 is 0 Å². The van der Waals surface area contributed by atoms with Crippen LogP contribution in [0.4, 0.5) is 0 Å². The predicted molar refractivity (Wildman–Crippen MR) is 54.8 cm³/mol. The summed E-state index contributed by atoms with van der Waals surface area (Å²) in [5.74, 6) is 0.357. The fourth-order valence-electron chi connectivity index (χ4n) is 2.22. The lowest BCUT2D eigenvalue weighted by atomic mass is 9.94. The molecule has 1 aliphatic rings. The van der Waals surface area contributed by atoms with Crippen LogP contribution in [-0.2, 0) is 9.59 Å². The fourth-order valence-corrected chi connectivity index (χ4v) is 2.22. The molecular weight excluding hydrogens is 178 g/mol. The standard InChI is InChI=1S/C11H17NO2/c1-4-5-10-6-7-12(9(3)14)11(10)8(2)13/h4,10-11H,1,5-7H2,2-3H3/t10-,11?/m0/s1. The minimum atomic E-state index is -0.217. The van der Waals surface area contributed by atoms with E-state index in [9.17, 15) is 9.59 Å². The van der Waals surface area contributed by atoms with Gasteiger partial charge in [0.05, 0.1) is 6.04 Å². The van der Waals surface area contributed by atoms with Crippen molar-refractivity contribution in [3.63, 3.8) is 0 Å². The molecule has 1 unspecified atom stereocenters. The van der Waals surface area contributed by atoms with Crippen molar-refractivity contribution in [2.75, 3.05) is 6.54 Å². The Morgan fingerprint density at radius 1 is 1.50 bits per heavy atom. The van der Waals surface area contributed by atoms with Crippen LogP contribution >= 0.6 is 0 Å². The lowest BCUT2D eigenvalue weighted by molar-refractivity contribution is -0.136. The Morgan fingerprint density at radius 3 is 2.57 bits per heavy atom. The summed E-state index contributed by atoms with van der Waals surface area (Å²) in [4.78, 5) is 24.4. The van der Waals surface area contributed by atoms with Crippen molar-refractivity contribution in [3.8, 4) is 0 Å². The number of amides is 1. The molecule has 1 aliphatic heterocycles. The third kappa shape index (κ3) is 2.03. The van der Waals surface area contributed by atoms with E-state index in [1.54, 1.807) is 11.8 Å². The summed E-state index contributed by atoms with van der Waals surface area (Å²) in [7, 11) is 0. The second kappa shape index (κ2) is 4.40. The summed E-state index contributed by atoms with van der Waals surface area (Å²) in [6.07, 6.45) is 3.55. The van der Waals surface area contributed by atoms with Crippen molar-refractivity contribution in [2.24, 2.45) is 5.92 Å². The molecule has 0 aromatic carbocycles. The second-order valence-electron chi connectivity index (χ2n) is 3.84. The van der Waals surface area contributed by atoms with Gasteiger partial charge in [-0.1, -0.05) is 6.08 Å². The van der Waals surface area contributed by atoms with Crippen LogP contribution in [0.3, 0.4) is 0 Å². The highest BCUT2D eigenvalue weighted by atomic mass is 16.2. The Balaban J connectivity index is 2.79. The molecule has 1 rings (SSSR count). The van der Waals surface area contributed by atoms with Crippen molar-refractivity contribution < 1.29 is 9.59 Å². The Labute approximate surface area is 84.8 Å².